The molecule has 1 aromatic carbocycles. The average molecular weight is 242 g/mol. The lowest BCUT2D eigenvalue weighted by molar-refractivity contribution is 0.111. The smallest absolute Gasteiger partial charge is 0.228 e. The first kappa shape index (κ1) is 10.2. The molecule has 2 rings (SSSR count). The highest BCUT2D eigenvalue weighted by molar-refractivity contribution is 6.31. The molecule has 0 N–H and O–H groups in total. The quantitative estimate of drug-likeness (QED) is 0.757. The molecule has 0 unspecified atom stereocenters. The van der Waals surface area contributed by atoms with E-state index in [4.69, 9.17) is 27.6 Å². The van der Waals surface area contributed by atoms with Crippen molar-refractivity contribution in [2.75, 3.05) is 0 Å². The molecule has 0 saturated carbocycles. The minimum absolute atomic E-state index is 0.0139. The van der Waals surface area contributed by atoms with Crippen LogP contribution in [-0.2, 0) is 0 Å². The molecule has 0 atom stereocenters. The number of rotatable bonds is 2. The maximum Gasteiger partial charge on any atom is 0.228 e. The van der Waals surface area contributed by atoms with Gasteiger partial charge >= 0.3 is 0 Å². The Balaban J connectivity index is 2.49. The fraction of sp³-hybridized carbons (Fsp3) is 0. The number of oxazole rings is 1. The molecule has 2 aromatic rings. The van der Waals surface area contributed by atoms with E-state index in [0.29, 0.717) is 16.9 Å². The van der Waals surface area contributed by atoms with Crippen molar-refractivity contribution in [3.05, 3.63) is 40.2 Å². The summed E-state index contributed by atoms with van der Waals surface area (Å²) in [5.74, 6) is 0.282. The van der Waals surface area contributed by atoms with Gasteiger partial charge in [-0.25, -0.2) is 4.98 Å². The Hall–Kier alpha value is -1.32. The van der Waals surface area contributed by atoms with E-state index in [9.17, 15) is 4.79 Å². The Morgan fingerprint density at radius 3 is 2.73 bits per heavy atom. The Morgan fingerprint density at radius 1 is 1.33 bits per heavy atom. The zero-order valence-corrected chi connectivity index (χ0v) is 8.92. The molecule has 0 spiro atoms. The van der Waals surface area contributed by atoms with Crippen LogP contribution < -0.4 is 0 Å². The van der Waals surface area contributed by atoms with Gasteiger partial charge in [0.15, 0.2) is 12.0 Å². The fourth-order valence-corrected chi connectivity index (χ4v) is 1.48. The van der Waals surface area contributed by atoms with Crippen LogP contribution in [0.3, 0.4) is 0 Å². The van der Waals surface area contributed by atoms with E-state index in [0.717, 1.165) is 0 Å². The van der Waals surface area contributed by atoms with Crippen molar-refractivity contribution in [1.29, 1.82) is 0 Å². The zero-order valence-electron chi connectivity index (χ0n) is 7.41. The summed E-state index contributed by atoms with van der Waals surface area (Å²) < 4.78 is 5.11. The first-order valence-electron chi connectivity index (χ1n) is 4.08. The van der Waals surface area contributed by atoms with Gasteiger partial charge in [-0.3, -0.25) is 4.79 Å². The van der Waals surface area contributed by atoms with Crippen LogP contribution in [0.2, 0.25) is 10.2 Å². The fourth-order valence-electron chi connectivity index (χ4n) is 1.13. The molecule has 0 bridgehead atoms. The zero-order chi connectivity index (χ0) is 10.8. The summed E-state index contributed by atoms with van der Waals surface area (Å²) in [6.07, 6.45) is 0.542. The number of hydrogen-bond acceptors (Lipinski definition) is 3. The molecule has 0 saturated heterocycles. The number of carbonyl (C=O) groups is 1. The van der Waals surface area contributed by atoms with Crippen LogP contribution in [0.5, 0.6) is 0 Å². The SMILES string of the molecule is O=Cc1nc(-c2cccc(Cl)c2)oc1Cl. The summed E-state index contributed by atoms with van der Waals surface area (Å²) in [6, 6.07) is 6.94. The van der Waals surface area contributed by atoms with Gasteiger partial charge in [0.25, 0.3) is 0 Å². The molecule has 0 fully saturated rings. The molecule has 76 valence electrons. The van der Waals surface area contributed by atoms with Crippen molar-refractivity contribution < 1.29 is 9.21 Å². The number of halogens is 2. The number of nitrogens with zero attached hydrogens (tertiary/aromatic N) is 1. The molecule has 1 heterocycles. The van der Waals surface area contributed by atoms with Crippen LogP contribution in [-0.4, -0.2) is 11.3 Å². The molecule has 0 radical (unpaired) electrons. The summed E-state index contributed by atoms with van der Waals surface area (Å²) in [5, 5.41) is 0.550. The molecule has 5 heteroatoms. The largest absolute Gasteiger partial charge is 0.424 e. The van der Waals surface area contributed by atoms with Crippen molar-refractivity contribution in [3.8, 4) is 11.5 Å². The van der Waals surface area contributed by atoms with Crippen molar-refractivity contribution in [2.24, 2.45) is 0 Å². The highest BCUT2D eigenvalue weighted by Gasteiger charge is 2.11. The van der Waals surface area contributed by atoms with Crippen LogP contribution in [0, 0.1) is 0 Å². The van der Waals surface area contributed by atoms with E-state index < -0.39 is 0 Å². The van der Waals surface area contributed by atoms with Gasteiger partial charge in [-0.2, -0.15) is 0 Å². The van der Waals surface area contributed by atoms with Crippen LogP contribution in [0.1, 0.15) is 10.5 Å². The summed E-state index contributed by atoms with van der Waals surface area (Å²) in [5.41, 5.74) is 0.768. The second kappa shape index (κ2) is 4.04. The Morgan fingerprint density at radius 2 is 2.13 bits per heavy atom. The van der Waals surface area contributed by atoms with Gasteiger partial charge in [0.2, 0.25) is 11.1 Å². The monoisotopic (exact) mass is 241 g/mol. The van der Waals surface area contributed by atoms with Crippen LogP contribution in [0.25, 0.3) is 11.5 Å². The minimum Gasteiger partial charge on any atom is -0.424 e. The molecule has 0 aliphatic carbocycles. The van der Waals surface area contributed by atoms with E-state index in [1.165, 1.54) is 0 Å². The van der Waals surface area contributed by atoms with Crippen molar-refractivity contribution in [3.63, 3.8) is 0 Å². The van der Waals surface area contributed by atoms with Gasteiger partial charge in [-0.05, 0) is 29.8 Å². The Labute approximate surface area is 95.6 Å². The lowest BCUT2D eigenvalue weighted by Crippen LogP contribution is -1.81. The van der Waals surface area contributed by atoms with Crippen molar-refractivity contribution in [1.82, 2.24) is 4.98 Å². The van der Waals surface area contributed by atoms with Gasteiger partial charge in [-0.1, -0.05) is 17.7 Å². The van der Waals surface area contributed by atoms with Gasteiger partial charge < -0.3 is 4.42 Å². The van der Waals surface area contributed by atoms with E-state index >= 15 is 0 Å². The average Bonchev–Trinajstić information content (AvgIpc) is 2.60. The minimum atomic E-state index is -0.0139. The Kier molecular flexibility index (Phi) is 2.75. The van der Waals surface area contributed by atoms with Gasteiger partial charge in [0, 0.05) is 10.6 Å². The summed E-state index contributed by atoms with van der Waals surface area (Å²) in [6.45, 7) is 0. The summed E-state index contributed by atoms with van der Waals surface area (Å²) in [4.78, 5) is 14.4. The van der Waals surface area contributed by atoms with Gasteiger partial charge in [0.05, 0.1) is 0 Å². The second-order valence-electron chi connectivity index (χ2n) is 2.81. The normalized spacial score (nSPS) is 10.3. The number of aldehydes is 1. The van der Waals surface area contributed by atoms with Crippen LogP contribution in [0.15, 0.2) is 28.7 Å². The van der Waals surface area contributed by atoms with E-state index in [1.807, 2.05) is 0 Å². The lowest BCUT2D eigenvalue weighted by Gasteiger charge is -1.94. The third-order valence-corrected chi connectivity index (χ3v) is 2.30. The predicted molar refractivity (Wildman–Crippen MR) is 57.3 cm³/mol. The second-order valence-corrected chi connectivity index (χ2v) is 3.59. The van der Waals surface area contributed by atoms with Gasteiger partial charge in [0.1, 0.15) is 0 Å². The molecular weight excluding hydrogens is 237 g/mol. The first-order valence-corrected chi connectivity index (χ1v) is 4.84. The molecular formula is C10H5Cl2NO2. The molecule has 0 aliphatic heterocycles. The van der Waals surface area contributed by atoms with E-state index in [-0.39, 0.29) is 16.8 Å². The summed E-state index contributed by atoms with van der Waals surface area (Å²) >= 11 is 11.4. The third-order valence-electron chi connectivity index (χ3n) is 1.79. The maximum atomic E-state index is 10.5. The molecule has 3 nitrogen and oxygen atoms in total. The lowest BCUT2D eigenvalue weighted by atomic mass is 10.2. The van der Waals surface area contributed by atoms with E-state index in [2.05, 4.69) is 4.98 Å². The first-order chi connectivity index (χ1) is 7.20. The van der Waals surface area contributed by atoms with Crippen molar-refractivity contribution in [2.45, 2.75) is 0 Å². The predicted octanol–water partition coefficient (Wildman–Crippen LogP) is 3.46. The molecule has 15 heavy (non-hydrogen) atoms. The molecule has 0 aliphatic rings. The maximum absolute atomic E-state index is 10.5. The molecule has 0 amide bonds. The number of hydrogen-bond donors (Lipinski definition) is 0. The number of aromatic nitrogens is 1. The topological polar surface area (TPSA) is 43.1 Å². The highest BCUT2D eigenvalue weighted by atomic mass is 35.5. The Bertz CT molecular complexity index is 508. The standard InChI is InChI=1S/C10H5Cl2NO2/c11-7-3-1-2-6(4-7)10-13-8(5-14)9(12)15-10/h1-5H. The van der Waals surface area contributed by atoms with Crippen molar-refractivity contribution >= 4 is 29.5 Å². The number of benzene rings is 1. The highest BCUT2D eigenvalue weighted by Crippen LogP contribution is 2.26. The van der Waals surface area contributed by atoms with Gasteiger partial charge in [-0.15, -0.1) is 0 Å². The third kappa shape index (κ3) is 2.03. The van der Waals surface area contributed by atoms with Crippen LogP contribution >= 0.6 is 23.2 Å². The van der Waals surface area contributed by atoms with E-state index in [1.54, 1.807) is 24.3 Å². The summed E-state index contributed by atoms with van der Waals surface area (Å²) in [7, 11) is 0. The van der Waals surface area contributed by atoms with Crippen LogP contribution in [0.4, 0.5) is 0 Å². The number of carbonyl (C=O) groups excluding carboxylic acids is 1. The molecule has 1 aromatic heterocycles.